The van der Waals surface area contributed by atoms with Gasteiger partial charge in [0.25, 0.3) is 0 Å². The van der Waals surface area contributed by atoms with Crippen molar-refractivity contribution in [2.24, 2.45) is 5.92 Å². The van der Waals surface area contributed by atoms with Crippen molar-refractivity contribution >= 4 is 11.9 Å². The van der Waals surface area contributed by atoms with Gasteiger partial charge in [0.2, 0.25) is 0 Å². The van der Waals surface area contributed by atoms with E-state index in [-0.39, 0.29) is 0 Å². The quantitative estimate of drug-likeness (QED) is 0.413. The molecule has 1 fully saturated rings. The van der Waals surface area contributed by atoms with Gasteiger partial charge in [0.15, 0.2) is 11.5 Å². The molecule has 1 heterocycles. The molecule has 0 aromatic heterocycles. The van der Waals surface area contributed by atoms with E-state index in [2.05, 4.69) is 60.9 Å². The molecule has 2 N–H and O–H groups in total. The van der Waals surface area contributed by atoms with Crippen molar-refractivity contribution in [1.82, 2.24) is 4.90 Å². The third-order valence-corrected chi connectivity index (χ3v) is 5.83. The third kappa shape index (κ3) is 8.23. The highest BCUT2D eigenvalue weighted by Crippen LogP contribution is 2.35. The fourth-order valence-corrected chi connectivity index (χ4v) is 4.26. The van der Waals surface area contributed by atoms with Crippen molar-refractivity contribution in [3.63, 3.8) is 0 Å². The second kappa shape index (κ2) is 14.1. The summed E-state index contributed by atoms with van der Waals surface area (Å²) in [5.41, 5.74) is 2.62. The Balaban J connectivity index is 0.000000604. The van der Waals surface area contributed by atoms with Gasteiger partial charge in [0.1, 0.15) is 0 Å². The van der Waals surface area contributed by atoms with Crippen LogP contribution in [-0.2, 0) is 16.0 Å². The van der Waals surface area contributed by atoms with Gasteiger partial charge in [-0.25, -0.2) is 9.59 Å². The van der Waals surface area contributed by atoms with E-state index < -0.39 is 11.9 Å². The summed E-state index contributed by atoms with van der Waals surface area (Å²) < 4.78 is 11.9. The zero-order chi connectivity index (χ0) is 24.9. The molecule has 7 nitrogen and oxygen atoms in total. The van der Waals surface area contributed by atoms with Crippen LogP contribution in [0.2, 0.25) is 0 Å². The first kappa shape index (κ1) is 26.9. The number of carboxylic acid groups (broad SMARTS) is 2. The molecule has 0 radical (unpaired) electrons. The summed E-state index contributed by atoms with van der Waals surface area (Å²) in [6, 6.07) is 17.1. The predicted octanol–water partition coefficient (Wildman–Crippen LogP) is 4.47. The van der Waals surface area contributed by atoms with Gasteiger partial charge in [-0.1, -0.05) is 49.4 Å². The average molecular weight is 470 g/mol. The van der Waals surface area contributed by atoms with E-state index in [1.165, 1.54) is 30.5 Å². The first-order valence-corrected chi connectivity index (χ1v) is 11.5. The summed E-state index contributed by atoms with van der Waals surface area (Å²) >= 11 is 0. The highest BCUT2D eigenvalue weighted by molar-refractivity contribution is 6.27. The predicted molar refractivity (Wildman–Crippen MR) is 132 cm³/mol. The Kier molecular flexibility index (Phi) is 11.1. The number of ether oxygens (including phenoxy) is 2. The van der Waals surface area contributed by atoms with Gasteiger partial charge in [0, 0.05) is 12.5 Å². The van der Waals surface area contributed by atoms with Gasteiger partial charge in [-0.2, -0.15) is 0 Å². The standard InChI is InChI=1S/C25H33NO2.C2H2O4/c1-4-9-20-12-13-24(25(17-20)27-3)28-19-22-18-26(15-5-2)16-14-23(22)21-10-7-6-8-11-21;3-1(4)2(5)6/h4,6-8,10-13,17,22-23H,1,5,9,14-16,18-19H2,2-3H3;(H,3,4)(H,5,6)/t22-,23-;/m0./s1. The van der Waals surface area contributed by atoms with Crippen molar-refractivity contribution in [3.05, 3.63) is 72.3 Å². The Morgan fingerprint density at radius 1 is 1.12 bits per heavy atom. The van der Waals surface area contributed by atoms with Gasteiger partial charge >= 0.3 is 11.9 Å². The van der Waals surface area contributed by atoms with E-state index in [1.807, 2.05) is 12.1 Å². The van der Waals surface area contributed by atoms with Gasteiger partial charge in [0.05, 0.1) is 13.7 Å². The number of hydrogen-bond donors (Lipinski definition) is 2. The van der Waals surface area contributed by atoms with E-state index >= 15 is 0 Å². The number of allylic oxidation sites excluding steroid dienone is 1. The van der Waals surface area contributed by atoms with E-state index in [1.54, 1.807) is 7.11 Å². The van der Waals surface area contributed by atoms with Crippen LogP contribution in [0.25, 0.3) is 0 Å². The van der Waals surface area contributed by atoms with E-state index in [0.717, 1.165) is 31.0 Å². The smallest absolute Gasteiger partial charge is 0.414 e. The molecule has 0 aliphatic carbocycles. The van der Waals surface area contributed by atoms with Crippen molar-refractivity contribution in [3.8, 4) is 11.5 Å². The molecule has 2 aromatic carbocycles. The number of nitrogens with zero attached hydrogens (tertiary/aromatic N) is 1. The first-order valence-electron chi connectivity index (χ1n) is 11.5. The largest absolute Gasteiger partial charge is 0.493 e. The third-order valence-electron chi connectivity index (χ3n) is 5.83. The zero-order valence-electron chi connectivity index (χ0n) is 20.0. The Morgan fingerprint density at radius 2 is 1.82 bits per heavy atom. The summed E-state index contributed by atoms with van der Waals surface area (Å²) in [5, 5.41) is 14.8. The summed E-state index contributed by atoms with van der Waals surface area (Å²) in [6.07, 6.45) is 5.13. The molecular weight excluding hydrogens is 434 g/mol. The fraction of sp³-hybridized carbons (Fsp3) is 0.407. The minimum absolute atomic E-state index is 0.472. The average Bonchev–Trinajstić information content (AvgIpc) is 2.84. The number of methoxy groups -OCH3 is 1. The maximum atomic E-state index is 9.10. The minimum Gasteiger partial charge on any atom is -0.493 e. The lowest BCUT2D eigenvalue weighted by atomic mass is 9.81. The lowest BCUT2D eigenvalue weighted by molar-refractivity contribution is -0.159. The van der Waals surface area contributed by atoms with Crippen LogP contribution in [0.1, 0.15) is 36.8 Å². The molecule has 0 spiro atoms. The van der Waals surface area contributed by atoms with Crippen LogP contribution < -0.4 is 9.47 Å². The normalized spacial score (nSPS) is 17.7. The van der Waals surface area contributed by atoms with Crippen molar-refractivity contribution in [2.75, 3.05) is 33.4 Å². The monoisotopic (exact) mass is 469 g/mol. The van der Waals surface area contributed by atoms with Crippen LogP contribution in [0.15, 0.2) is 61.2 Å². The Morgan fingerprint density at radius 3 is 2.41 bits per heavy atom. The molecule has 0 saturated carbocycles. The molecule has 0 unspecified atom stereocenters. The molecule has 0 amide bonds. The molecule has 2 atom stereocenters. The second-order valence-electron chi connectivity index (χ2n) is 8.27. The van der Waals surface area contributed by atoms with E-state index in [0.29, 0.717) is 18.4 Å². The molecule has 1 saturated heterocycles. The zero-order valence-corrected chi connectivity index (χ0v) is 20.0. The number of carboxylic acids is 2. The number of benzene rings is 2. The van der Waals surface area contributed by atoms with E-state index in [4.69, 9.17) is 29.3 Å². The number of hydrogen-bond acceptors (Lipinski definition) is 5. The number of piperidine rings is 1. The highest BCUT2D eigenvalue weighted by atomic mass is 16.5. The van der Waals surface area contributed by atoms with Crippen LogP contribution in [0, 0.1) is 5.92 Å². The van der Waals surface area contributed by atoms with Crippen molar-refractivity contribution < 1.29 is 29.3 Å². The molecule has 34 heavy (non-hydrogen) atoms. The first-order chi connectivity index (χ1) is 16.4. The minimum atomic E-state index is -1.82. The fourth-order valence-electron chi connectivity index (χ4n) is 4.26. The number of rotatable bonds is 9. The van der Waals surface area contributed by atoms with Gasteiger partial charge in [-0.15, -0.1) is 6.58 Å². The summed E-state index contributed by atoms with van der Waals surface area (Å²) in [4.78, 5) is 20.8. The summed E-state index contributed by atoms with van der Waals surface area (Å²) in [6.45, 7) is 10.2. The van der Waals surface area contributed by atoms with Crippen LogP contribution >= 0.6 is 0 Å². The lowest BCUT2D eigenvalue weighted by Crippen LogP contribution is -2.42. The Bertz CT molecular complexity index is 918. The number of aliphatic carboxylic acids is 2. The molecule has 1 aliphatic heterocycles. The molecular formula is C27H35NO6. The van der Waals surface area contributed by atoms with E-state index in [9.17, 15) is 0 Å². The van der Waals surface area contributed by atoms with Crippen LogP contribution in [0.3, 0.4) is 0 Å². The molecule has 7 heteroatoms. The van der Waals surface area contributed by atoms with Crippen LogP contribution in [-0.4, -0.2) is 60.4 Å². The summed E-state index contributed by atoms with van der Waals surface area (Å²) in [5.74, 6) is -1.00. The van der Waals surface area contributed by atoms with Crippen LogP contribution in [0.4, 0.5) is 0 Å². The van der Waals surface area contributed by atoms with Crippen molar-refractivity contribution in [1.29, 1.82) is 0 Å². The highest BCUT2D eigenvalue weighted by Gasteiger charge is 2.30. The molecule has 1 aliphatic rings. The van der Waals surface area contributed by atoms with Crippen molar-refractivity contribution in [2.45, 2.75) is 32.1 Å². The van der Waals surface area contributed by atoms with Gasteiger partial charge < -0.3 is 24.6 Å². The van der Waals surface area contributed by atoms with Gasteiger partial charge in [-0.3, -0.25) is 0 Å². The number of likely N-dealkylation sites (tertiary alicyclic amines) is 1. The maximum absolute atomic E-state index is 9.10. The molecule has 0 bridgehead atoms. The second-order valence-corrected chi connectivity index (χ2v) is 8.27. The Labute approximate surface area is 201 Å². The molecule has 3 rings (SSSR count). The van der Waals surface area contributed by atoms with Gasteiger partial charge in [-0.05, 0) is 61.5 Å². The lowest BCUT2D eigenvalue weighted by Gasteiger charge is -2.38. The molecule has 184 valence electrons. The SMILES string of the molecule is C=CCc1ccc(OC[C@@H]2CN(CCC)CC[C@H]2c2ccccc2)c(OC)c1.O=C(O)C(=O)O. The maximum Gasteiger partial charge on any atom is 0.414 e. The van der Waals surface area contributed by atoms with Crippen LogP contribution in [0.5, 0.6) is 11.5 Å². The number of carbonyl (C=O) groups is 2. The molecule has 2 aromatic rings. The Hall–Kier alpha value is -3.32. The topological polar surface area (TPSA) is 96.3 Å². The summed E-state index contributed by atoms with van der Waals surface area (Å²) in [7, 11) is 1.70.